The lowest BCUT2D eigenvalue weighted by Crippen LogP contribution is -2.41. The summed E-state index contributed by atoms with van der Waals surface area (Å²) in [6.45, 7) is 7.42. The van der Waals surface area contributed by atoms with Gasteiger partial charge in [0, 0.05) is 19.7 Å². The first-order chi connectivity index (χ1) is 8.47. The fraction of sp³-hybridized carbons (Fsp3) is 0.833. The molecule has 0 aliphatic rings. The van der Waals surface area contributed by atoms with E-state index in [1.807, 2.05) is 20.8 Å². The second-order valence-electron chi connectivity index (χ2n) is 4.50. The molecule has 2 amide bonds. The number of hydrogen-bond donors (Lipinski definition) is 3. The van der Waals surface area contributed by atoms with Gasteiger partial charge in [-0.05, 0) is 19.3 Å². The normalized spacial score (nSPS) is 12.2. The van der Waals surface area contributed by atoms with Gasteiger partial charge < -0.3 is 20.5 Å². The van der Waals surface area contributed by atoms with Gasteiger partial charge in [0.1, 0.15) is 0 Å². The molecular weight excluding hydrogens is 236 g/mol. The van der Waals surface area contributed by atoms with E-state index in [9.17, 15) is 9.59 Å². The molecule has 106 valence electrons. The van der Waals surface area contributed by atoms with Crippen molar-refractivity contribution in [3.63, 3.8) is 0 Å². The van der Waals surface area contributed by atoms with Crippen molar-refractivity contribution in [2.24, 2.45) is 11.8 Å². The van der Waals surface area contributed by atoms with Gasteiger partial charge in [0.25, 0.3) is 0 Å². The van der Waals surface area contributed by atoms with E-state index in [2.05, 4.69) is 10.6 Å². The highest BCUT2D eigenvalue weighted by Gasteiger charge is 2.19. The van der Waals surface area contributed by atoms with Crippen LogP contribution in [0.3, 0.4) is 0 Å². The maximum atomic E-state index is 11.3. The molecule has 1 atom stereocenters. The Hall–Kier alpha value is -1.30. The van der Waals surface area contributed by atoms with E-state index in [1.165, 1.54) is 0 Å². The van der Waals surface area contributed by atoms with Crippen molar-refractivity contribution < 1.29 is 19.4 Å². The standard InChI is InChI=1S/C12H24N2O4/c1-4-18-6-5-13-12(17)14-8-10(11(15)16)7-9(2)3/h9-10H,4-8H2,1-3H3,(H,15,16)(H2,13,14,17). The molecule has 0 heterocycles. The Morgan fingerprint density at radius 1 is 1.28 bits per heavy atom. The Balaban J connectivity index is 3.82. The summed E-state index contributed by atoms with van der Waals surface area (Å²) in [5.41, 5.74) is 0. The van der Waals surface area contributed by atoms with Crippen LogP contribution >= 0.6 is 0 Å². The summed E-state index contributed by atoms with van der Waals surface area (Å²) in [7, 11) is 0. The number of ether oxygens (including phenoxy) is 1. The number of urea groups is 1. The van der Waals surface area contributed by atoms with Crippen LogP contribution in [-0.4, -0.2) is 43.4 Å². The van der Waals surface area contributed by atoms with E-state index in [4.69, 9.17) is 9.84 Å². The minimum Gasteiger partial charge on any atom is -0.481 e. The highest BCUT2D eigenvalue weighted by molar-refractivity contribution is 5.75. The number of hydrogen-bond acceptors (Lipinski definition) is 3. The number of carboxylic acid groups (broad SMARTS) is 1. The molecular formula is C12H24N2O4. The first kappa shape index (κ1) is 16.7. The van der Waals surface area contributed by atoms with Crippen LogP contribution in [0.5, 0.6) is 0 Å². The molecule has 0 rings (SSSR count). The average Bonchev–Trinajstić information content (AvgIpc) is 2.29. The molecule has 0 aromatic heterocycles. The number of aliphatic carboxylic acids is 1. The van der Waals surface area contributed by atoms with E-state index in [1.54, 1.807) is 0 Å². The van der Waals surface area contributed by atoms with Crippen molar-refractivity contribution in [1.82, 2.24) is 10.6 Å². The lowest BCUT2D eigenvalue weighted by molar-refractivity contribution is -0.142. The molecule has 18 heavy (non-hydrogen) atoms. The van der Waals surface area contributed by atoms with Crippen molar-refractivity contribution in [3.05, 3.63) is 0 Å². The van der Waals surface area contributed by atoms with Gasteiger partial charge in [0.15, 0.2) is 0 Å². The number of carbonyl (C=O) groups is 2. The third-order valence-electron chi connectivity index (χ3n) is 2.35. The lowest BCUT2D eigenvalue weighted by atomic mass is 9.97. The monoisotopic (exact) mass is 260 g/mol. The second-order valence-corrected chi connectivity index (χ2v) is 4.50. The van der Waals surface area contributed by atoms with Gasteiger partial charge in [-0.1, -0.05) is 13.8 Å². The van der Waals surface area contributed by atoms with Gasteiger partial charge in [-0.2, -0.15) is 0 Å². The number of rotatable bonds is 9. The molecule has 6 heteroatoms. The summed E-state index contributed by atoms with van der Waals surface area (Å²) in [5.74, 6) is -1.13. The molecule has 0 radical (unpaired) electrons. The first-order valence-corrected chi connectivity index (χ1v) is 6.29. The lowest BCUT2D eigenvalue weighted by Gasteiger charge is -2.15. The van der Waals surface area contributed by atoms with Crippen molar-refractivity contribution in [1.29, 1.82) is 0 Å². The number of amides is 2. The van der Waals surface area contributed by atoms with Crippen LogP contribution in [-0.2, 0) is 9.53 Å². The summed E-state index contributed by atoms with van der Waals surface area (Å²) in [6, 6.07) is -0.357. The summed E-state index contributed by atoms with van der Waals surface area (Å²) in [5, 5.41) is 14.1. The van der Waals surface area contributed by atoms with Gasteiger partial charge in [-0.15, -0.1) is 0 Å². The summed E-state index contributed by atoms with van der Waals surface area (Å²) in [6.07, 6.45) is 0.550. The van der Waals surface area contributed by atoms with Crippen LogP contribution in [0.4, 0.5) is 4.79 Å². The molecule has 3 N–H and O–H groups in total. The number of carbonyl (C=O) groups excluding carboxylic acids is 1. The maximum Gasteiger partial charge on any atom is 0.314 e. The third kappa shape index (κ3) is 8.81. The van der Waals surface area contributed by atoms with Crippen LogP contribution in [0.2, 0.25) is 0 Å². The average molecular weight is 260 g/mol. The van der Waals surface area contributed by atoms with Crippen molar-refractivity contribution in [2.45, 2.75) is 27.2 Å². The number of nitrogens with one attached hydrogen (secondary N) is 2. The zero-order chi connectivity index (χ0) is 14.0. The van der Waals surface area contributed by atoms with Gasteiger partial charge in [0.2, 0.25) is 0 Å². The molecule has 0 aromatic rings. The topological polar surface area (TPSA) is 87.7 Å². The van der Waals surface area contributed by atoms with E-state index in [0.29, 0.717) is 26.2 Å². The molecule has 0 aliphatic carbocycles. The van der Waals surface area contributed by atoms with E-state index >= 15 is 0 Å². The number of carboxylic acids is 1. The Morgan fingerprint density at radius 2 is 1.94 bits per heavy atom. The molecule has 0 saturated heterocycles. The fourth-order valence-electron chi connectivity index (χ4n) is 1.50. The van der Waals surface area contributed by atoms with Crippen LogP contribution in [0.25, 0.3) is 0 Å². The van der Waals surface area contributed by atoms with Gasteiger partial charge in [-0.3, -0.25) is 4.79 Å². The van der Waals surface area contributed by atoms with Crippen LogP contribution in [0, 0.1) is 11.8 Å². The smallest absolute Gasteiger partial charge is 0.314 e. The summed E-state index contributed by atoms with van der Waals surface area (Å²) < 4.78 is 5.06. The van der Waals surface area contributed by atoms with Gasteiger partial charge in [-0.25, -0.2) is 4.79 Å². The molecule has 0 spiro atoms. The fourth-order valence-corrected chi connectivity index (χ4v) is 1.50. The molecule has 6 nitrogen and oxygen atoms in total. The first-order valence-electron chi connectivity index (χ1n) is 6.29. The van der Waals surface area contributed by atoms with E-state index in [0.717, 1.165) is 0 Å². The van der Waals surface area contributed by atoms with Crippen molar-refractivity contribution in [3.8, 4) is 0 Å². The predicted octanol–water partition coefficient (Wildman–Crippen LogP) is 1.07. The molecule has 0 bridgehead atoms. The summed E-state index contributed by atoms with van der Waals surface area (Å²) in [4.78, 5) is 22.3. The minimum absolute atomic E-state index is 0.147. The Labute approximate surface area is 108 Å². The van der Waals surface area contributed by atoms with Crippen LogP contribution < -0.4 is 10.6 Å². The van der Waals surface area contributed by atoms with E-state index < -0.39 is 11.9 Å². The summed E-state index contributed by atoms with van der Waals surface area (Å²) >= 11 is 0. The molecule has 1 unspecified atom stereocenters. The quantitative estimate of drug-likeness (QED) is 0.541. The molecule has 0 aliphatic heterocycles. The third-order valence-corrected chi connectivity index (χ3v) is 2.35. The van der Waals surface area contributed by atoms with Gasteiger partial charge in [0.05, 0.1) is 12.5 Å². The Morgan fingerprint density at radius 3 is 2.44 bits per heavy atom. The Kier molecular flexibility index (Phi) is 9.00. The molecule has 0 aromatic carbocycles. The predicted molar refractivity (Wildman–Crippen MR) is 68.5 cm³/mol. The maximum absolute atomic E-state index is 11.3. The van der Waals surface area contributed by atoms with Crippen LogP contribution in [0.1, 0.15) is 27.2 Å². The zero-order valence-electron chi connectivity index (χ0n) is 11.4. The van der Waals surface area contributed by atoms with Crippen molar-refractivity contribution >= 4 is 12.0 Å². The van der Waals surface area contributed by atoms with Gasteiger partial charge >= 0.3 is 12.0 Å². The Bertz CT molecular complexity index is 256. The minimum atomic E-state index is -0.877. The van der Waals surface area contributed by atoms with Crippen molar-refractivity contribution in [2.75, 3.05) is 26.3 Å². The second kappa shape index (κ2) is 9.70. The SMILES string of the molecule is CCOCCNC(=O)NCC(CC(C)C)C(=O)O. The molecule has 0 saturated carbocycles. The molecule has 0 fully saturated rings. The van der Waals surface area contributed by atoms with Crippen LogP contribution in [0.15, 0.2) is 0 Å². The largest absolute Gasteiger partial charge is 0.481 e. The highest BCUT2D eigenvalue weighted by Crippen LogP contribution is 2.10. The zero-order valence-corrected chi connectivity index (χ0v) is 11.4. The highest BCUT2D eigenvalue weighted by atomic mass is 16.5. The van der Waals surface area contributed by atoms with E-state index in [-0.39, 0.29) is 18.5 Å².